The van der Waals surface area contributed by atoms with E-state index < -0.39 is 12.0 Å². The average molecular weight is 214 g/mol. The third-order valence-corrected chi connectivity index (χ3v) is 3.25. The van der Waals surface area contributed by atoms with Crippen molar-refractivity contribution >= 4 is 5.97 Å². The summed E-state index contributed by atoms with van der Waals surface area (Å²) in [6.45, 7) is 6.02. The monoisotopic (exact) mass is 214 g/mol. The van der Waals surface area contributed by atoms with Gasteiger partial charge in [-0.25, -0.2) is 0 Å². The van der Waals surface area contributed by atoms with E-state index in [1.54, 1.807) is 6.92 Å². The Kier molecular flexibility index (Phi) is 4.54. The molecule has 1 aliphatic heterocycles. The molecule has 1 fully saturated rings. The molecule has 1 saturated heterocycles. The Balaban J connectivity index is 2.38. The van der Waals surface area contributed by atoms with E-state index in [9.17, 15) is 4.79 Å². The van der Waals surface area contributed by atoms with Crippen molar-refractivity contribution in [3.8, 4) is 0 Å². The number of nitrogens with zero attached hydrogens (tertiary/aromatic N) is 1. The molecule has 88 valence electrons. The van der Waals surface area contributed by atoms with Gasteiger partial charge in [-0.15, -0.1) is 0 Å². The van der Waals surface area contributed by atoms with Gasteiger partial charge >= 0.3 is 5.97 Å². The molecule has 0 amide bonds. The van der Waals surface area contributed by atoms with Crippen molar-refractivity contribution in [1.82, 2.24) is 10.2 Å². The molecule has 0 aromatic heterocycles. The van der Waals surface area contributed by atoms with Gasteiger partial charge in [0.25, 0.3) is 0 Å². The van der Waals surface area contributed by atoms with Crippen molar-refractivity contribution in [2.24, 2.45) is 5.92 Å². The maximum absolute atomic E-state index is 10.7. The Hall–Kier alpha value is -0.610. The van der Waals surface area contributed by atoms with E-state index in [1.807, 2.05) is 0 Å². The van der Waals surface area contributed by atoms with Crippen LogP contribution in [0.5, 0.6) is 0 Å². The van der Waals surface area contributed by atoms with E-state index in [1.165, 1.54) is 12.8 Å². The first-order chi connectivity index (χ1) is 7.00. The summed E-state index contributed by atoms with van der Waals surface area (Å²) >= 11 is 0. The van der Waals surface area contributed by atoms with E-state index >= 15 is 0 Å². The smallest absolute Gasteiger partial charge is 0.320 e. The summed E-state index contributed by atoms with van der Waals surface area (Å²) in [5, 5.41) is 12.0. The number of piperidine rings is 1. The minimum absolute atomic E-state index is 0.277. The van der Waals surface area contributed by atoms with Crippen molar-refractivity contribution < 1.29 is 9.90 Å². The van der Waals surface area contributed by atoms with Gasteiger partial charge in [-0.3, -0.25) is 4.79 Å². The van der Waals surface area contributed by atoms with Crippen LogP contribution in [0.2, 0.25) is 0 Å². The summed E-state index contributed by atoms with van der Waals surface area (Å²) in [6, 6.07) is -0.175. The molecule has 0 aliphatic carbocycles. The van der Waals surface area contributed by atoms with Crippen LogP contribution in [-0.4, -0.2) is 48.2 Å². The van der Waals surface area contributed by atoms with Gasteiger partial charge < -0.3 is 15.3 Å². The molecule has 4 nitrogen and oxygen atoms in total. The van der Waals surface area contributed by atoms with Crippen LogP contribution < -0.4 is 5.32 Å². The molecular weight excluding hydrogens is 192 g/mol. The highest BCUT2D eigenvalue weighted by Crippen LogP contribution is 2.18. The topological polar surface area (TPSA) is 52.6 Å². The summed E-state index contributed by atoms with van der Waals surface area (Å²) in [5.74, 6) is -0.198. The van der Waals surface area contributed by atoms with Gasteiger partial charge in [0.2, 0.25) is 0 Å². The SMILES string of the molecule is CC(NC(C)C1CCCN(C)C1)C(=O)O. The molecule has 2 N–H and O–H groups in total. The van der Waals surface area contributed by atoms with Crippen molar-refractivity contribution in [2.45, 2.75) is 38.8 Å². The molecule has 0 saturated carbocycles. The standard InChI is InChI=1S/C11H22N2O2/c1-8(12-9(2)11(14)15)10-5-4-6-13(3)7-10/h8-10,12H,4-7H2,1-3H3,(H,14,15). The molecular formula is C11H22N2O2. The minimum Gasteiger partial charge on any atom is -0.480 e. The fourth-order valence-corrected chi connectivity index (χ4v) is 2.22. The molecule has 4 heteroatoms. The van der Waals surface area contributed by atoms with E-state index in [0.29, 0.717) is 5.92 Å². The number of carbonyl (C=O) groups is 1. The van der Waals surface area contributed by atoms with Gasteiger partial charge in [-0.2, -0.15) is 0 Å². The van der Waals surface area contributed by atoms with Crippen LogP contribution in [0.1, 0.15) is 26.7 Å². The number of rotatable bonds is 4. The Bertz CT molecular complexity index is 221. The van der Waals surface area contributed by atoms with Crippen molar-refractivity contribution in [3.63, 3.8) is 0 Å². The molecule has 0 aromatic rings. The van der Waals surface area contributed by atoms with Crippen molar-refractivity contribution in [1.29, 1.82) is 0 Å². The fraction of sp³-hybridized carbons (Fsp3) is 0.909. The molecule has 3 atom stereocenters. The second-order valence-electron chi connectivity index (χ2n) is 4.68. The number of hydrogen-bond acceptors (Lipinski definition) is 3. The van der Waals surface area contributed by atoms with Gasteiger partial charge in [-0.1, -0.05) is 0 Å². The van der Waals surface area contributed by atoms with Crippen LogP contribution in [0.25, 0.3) is 0 Å². The van der Waals surface area contributed by atoms with Crippen LogP contribution in [0.3, 0.4) is 0 Å². The summed E-state index contributed by atoms with van der Waals surface area (Å²) in [6.07, 6.45) is 2.42. The highest BCUT2D eigenvalue weighted by atomic mass is 16.4. The number of likely N-dealkylation sites (tertiary alicyclic amines) is 1. The second-order valence-corrected chi connectivity index (χ2v) is 4.68. The quantitative estimate of drug-likeness (QED) is 0.726. The van der Waals surface area contributed by atoms with E-state index in [0.717, 1.165) is 13.1 Å². The van der Waals surface area contributed by atoms with Gasteiger partial charge in [0, 0.05) is 12.6 Å². The predicted octanol–water partition coefficient (Wildman–Crippen LogP) is 0.779. The Morgan fingerprint density at radius 1 is 1.53 bits per heavy atom. The number of carboxylic acid groups (broad SMARTS) is 1. The second kappa shape index (κ2) is 5.47. The Morgan fingerprint density at radius 3 is 2.73 bits per heavy atom. The first-order valence-corrected chi connectivity index (χ1v) is 5.68. The molecule has 1 heterocycles. The van der Waals surface area contributed by atoms with Gasteiger partial charge in [0.1, 0.15) is 6.04 Å². The van der Waals surface area contributed by atoms with Crippen molar-refractivity contribution in [2.75, 3.05) is 20.1 Å². The number of aliphatic carboxylic acids is 1. The number of hydrogen-bond donors (Lipinski definition) is 2. The summed E-state index contributed by atoms with van der Waals surface area (Å²) < 4.78 is 0. The van der Waals surface area contributed by atoms with Gasteiger partial charge in [0.05, 0.1) is 0 Å². The zero-order valence-corrected chi connectivity index (χ0v) is 9.86. The van der Waals surface area contributed by atoms with Crippen LogP contribution >= 0.6 is 0 Å². The van der Waals surface area contributed by atoms with E-state index in [2.05, 4.69) is 24.2 Å². The van der Waals surface area contributed by atoms with E-state index in [4.69, 9.17) is 5.11 Å². The van der Waals surface area contributed by atoms with Crippen molar-refractivity contribution in [3.05, 3.63) is 0 Å². The molecule has 3 unspecified atom stereocenters. The fourth-order valence-electron chi connectivity index (χ4n) is 2.22. The zero-order valence-electron chi connectivity index (χ0n) is 9.86. The highest BCUT2D eigenvalue weighted by Gasteiger charge is 2.24. The summed E-state index contributed by atoms with van der Waals surface area (Å²) in [4.78, 5) is 13.0. The molecule has 1 aliphatic rings. The van der Waals surface area contributed by atoms with Crippen LogP contribution in [0.15, 0.2) is 0 Å². The summed E-state index contributed by atoms with van der Waals surface area (Å²) in [7, 11) is 2.12. The predicted molar refractivity (Wildman–Crippen MR) is 59.9 cm³/mol. The molecule has 1 rings (SSSR count). The molecule has 0 spiro atoms. The van der Waals surface area contributed by atoms with Gasteiger partial charge in [-0.05, 0) is 46.2 Å². The normalized spacial score (nSPS) is 27.3. The lowest BCUT2D eigenvalue weighted by Gasteiger charge is -2.34. The first kappa shape index (κ1) is 12.5. The van der Waals surface area contributed by atoms with Crippen LogP contribution in [-0.2, 0) is 4.79 Å². The molecule has 15 heavy (non-hydrogen) atoms. The number of carboxylic acids is 1. The highest BCUT2D eigenvalue weighted by molar-refractivity contribution is 5.72. The third-order valence-electron chi connectivity index (χ3n) is 3.25. The lowest BCUT2D eigenvalue weighted by atomic mass is 9.91. The number of nitrogens with one attached hydrogen (secondary N) is 1. The largest absolute Gasteiger partial charge is 0.480 e. The Labute approximate surface area is 91.6 Å². The molecule has 0 bridgehead atoms. The first-order valence-electron chi connectivity index (χ1n) is 5.68. The lowest BCUT2D eigenvalue weighted by Crippen LogP contribution is -2.48. The summed E-state index contributed by atoms with van der Waals surface area (Å²) in [5.41, 5.74) is 0. The zero-order chi connectivity index (χ0) is 11.4. The molecule has 0 aromatic carbocycles. The average Bonchev–Trinajstić information content (AvgIpc) is 2.17. The maximum Gasteiger partial charge on any atom is 0.320 e. The van der Waals surface area contributed by atoms with E-state index in [-0.39, 0.29) is 6.04 Å². The lowest BCUT2D eigenvalue weighted by molar-refractivity contribution is -0.139. The Morgan fingerprint density at radius 2 is 2.20 bits per heavy atom. The molecule has 0 radical (unpaired) electrons. The van der Waals surface area contributed by atoms with Crippen LogP contribution in [0, 0.1) is 5.92 Å². The van der Waals surface area contributed by atoms with Crippen LogP contribution in [0.4, 0.5) is 0 Å². The minimum atomic E-state index is -0.772. The third kappa shape index (κ3) is 3.80. The van der Waals surface area contributed by atoms with Gasteiger partial charge in [0.15, 0.2) is 0 Å². The maximum atomic E-state index is 10.7.